The van der Waals surface area contributed by atoms with Crippen LogP contribution in [0.3, 0.4) is 0 Å². The zero-order chi connectivity index (χ0) is 13.7. The van der Waals surface area contributed by atoms with E-state index in [-0.39, 0.29) is 0 Å². The summed E-state index contributed by atoms with van der Waals surface area (Å²) in [4.78, 5) is 0. The van der Waals surface area contributed by atoms with Gasteiger partial charge in [-0.15, -0.1) is 0 Å². The molecule has 4 rings (SSSR count). The normalized spacial score (nSPS) is 38.8. The largest absolute Gasteiger partial charge is 0.307 e. The molecule has 3 aliphatic carbocycles. The molecule has 5 unspecified atom stereocenters. The molecule has 0 radical (unpaired) electrons. The Morgan fingerprint density at radius 1 is 1.05 bits per heavy atom. The number of nitrogens with one attached hydrogen (secondary N) is 1. The molecule has 108 valence electrons. The van der Waals surface area contributed by atoms with Gasteiger partial charge in [0, 0.05) is 12.1 Å². The van der Waals surface area contributed by atoms with E-state index >= 15 is 0 Å². The molecule has 2 bridgehead atoms. The Hall–Kier alpha value is -0.820. The standard InChI is InChI=1S/C19H27N/c1-3-12-5-7-13(8-6-12)16(4-2)20-19-17-14-9-10-15(11-14)18(17)19/h5-8,14-20H,3-4,9-11H2,1-2H3. The van der Waals surface area contributed by atoms with Crippen LogP contribution >= 0.6 is 0 Å². The predicted octanol–water partition coefficient (Wildman–Crippen LogP) is 4.33. The monoisotopic (exact) mass is 269 g/mol. The molecule has 1 heteroatoms. The van der Waals surface area contributed by atoms with Gasteiger partial charge in [0.25, 0.3) is 0 Å². The molecule has 5 atom stereocenters. The zero-order valence-corrected chi connectivity index (χ0v) is 12.8. The third-order valence-corrected chi connectivity index (χ3v) is 6.33. The van der Waals surface area contributed by atoms with Crippen molar-refractivity contribution in [2.75, 3.05) is 0 Å². The highest BCUT2D eigenvalue weighted by atomic mass is 15.0. The van der Waals surface area contributed by atoms with Crippen molar-refractivity contribution in [2.24, 2.45) is 23.7 Å². The molecule has 1 nitrogen and oxygen atoms in total. The number of fused-ring (bicyclic) bond motifs is 5. The molecule has 0 spiro atoms. The molecule has 3 saturated carbocycles. The van der Waals surface area contributed by atoms with Crippen molar-refractivity contribution in [3.63, 3.8) is 0 Å². The molecular weight excluding hydrogens is 242 g/mol. The number of benzene rings is 1. The Morgan fingerprint density at radius 2 is 1.70 bits per heavy atom. The van der Waals surface area contributed by atoms with Crippen LogP contribution in [0.15, 0.2) is 24.3 Å². The van der Waals surface area contributed by atoms with Crippen LogP contribution in [0.1, 0.15) is 56.7 Å². The average Bonchev–Trinajstić information content (AvgIpc) is 2.87. The molecule has 0 aromatic heterocycles. The minimum absolute atomic E-state index is 0.566. The lowest BCUT2D eigenvalue weighted by Crippen LogP contribution is -2.27. The molecular formula is C19H27N. The van der Waals surface area contributed by atoms with Crippen LogP contribution in [-0.2, 0) is 6.42 Å². The smallest absolute Gasteiger partial charge is 0.0320 e. The summed E-state index contributed by atoms with van der Waals surface area (Å²) < 4.78 is 0. The summed E-state index contributed by atoms with van der Waals surface area (Å²) in [5, 5.41) is 4.00. The first kappa shape index (κ1) is 12.9. The molecule has 3 aliphatic rings. The highest BCUT2D eigenvalue weighted by Crippen LogP contribution is 2.65. The van der Waals surface area contributed by atoms with Gasteiger partial charge in [0.05, 0.1) is 0 Å². The van der Waals surface area contributed by atoms with Crippen LogP contribution in [0.4, 0.5) is 0 Å². The van der Waals surface area contributed by atoms with E-state index in [1.807, 2.05) is 0 Å². The molecule has 0 amide bonds. The second-order valence-electron chi connectivity index (χ2n) is 7.24. The van der Waals surface area contributed by atoms with Crippen LogP contribution in [0.2, 0.25) is 0 Å². The van der Waals surface area contributed by atoms with E-state index in [4.69, 9.17) is 0 Å². The van der Waals surface area contributed by atoms with Crippen molar-refractivity contribution in [2.45, 2.75) is 58.0 Å². The molecule has 0 heterocycles. The van der Waals surface area contributed by atoms with Crippen molar-refractivity contribution in [3.8, 4) is 0 Å². The van der Waals surface area contributed by atoms with Crippen LogP contribution in [0.25, 0.3) is 0 Å². The van der Waals surface area contributed by atoms with Gasteiger partial charge < -0.3 is 5.32 Å². The molecule has 1 N–H and O–H groups in total. The number of hydrogen-bond donors (Lipinski definition) is 1. The van der Waals surface area contributed by atoms with Crippen LogP contribution in [0.5, 0.6) is 0 Å². The first-order chi connectivity index (χ1) is 9.81. The van der Waals surface area contributed by atoms with E-state index in [1.54, 1.807) is 6.42 Å². The van der Waals surface area contributed by atoms with Gasteiger partial charge >= 0.3 is 0 Å². The van der Waals surface area contributed by atoms with Gasteiger partial charge in [-0.2, -0.15) is 0 Å². The van der Waals surface area contributed by atoms with Gasteiger partial charge in [0.2, 0.25) is 0 Å². The molecule has 0 aliphatic heterocycles. The van der Waals surface area contributed by atoms with Crippen molar-refractivity contribution in [1.29, 1.82) is 0 Å². The third kappa shape index (κ3) is 1.94. The lowest BCUT2D eigenvalue weighted by Gasteiger charge is -2.20. The Bertz CT molecular complexity index is 461. The van der Waals surface area contributed by atoms with Crippen LogP contribution < -0.4 is 5.32 Å². The maximum absolute atomic E-state index is 4.00. The van der Waals surface area contributed by atoms with E-state index in [0.717, 1.165) is 36.1 Å². The molecule has 20 heavy (non-hydrogen) atoms. The minimum atomic E-state index is 0.566. The van der Waals surface area contributed by atoms with Gasteiger partial charge in [0.1, 0.15) is 0 Å². The average molecular weight is 269 g/mol. The Labute approximate surface area is 123 Å². The number of hydrogen-bond acceptors (Lipinski definition) is 1. The topological polar surface area (TPSA) is 12.0 Å². The summed E-state index contributed by atoms with van der Waals surface area (Å²) in [7, 11) is 0. The summed E-state index contributed by atoms with van der Waals surface area (Å²) >= 11 is 0. The van der Waals surface area contributed by atoms with Crippen molar-refractivity contribution >= 4 is 0 Å². The molecule has 1 aromatic carbocycles. The summed E-state index contributed by atoms with van der Waals surface area (Å²) in [6.45, 7) is 4.55. The second-order valence-corrected chi connectivity index (χ2v) is 7.24. The number of aryl methyl sites for hydroxylation is 1. The van der Waals surface area contributed by atoms with E-state index in [9.17, 15) is 0 Å². The first-order valence-electron chi connectivity index (χ1n) is 8.66. The van der Waals surface area contributed by atoms with E-state index < -0.39 is 0 Å². The SMILES string of the molecule is CCc1ccc(C(CC)NC2C3C4CCC(C4)C23)cc1. The van der Waals surface area contributed by atoms with E-state index in [2.05, 4.69) is 43.4 Å². The third-order valence-electron chi connectivity index (χ3n) is 6.33. The minimum Gasteiger partial charge on any atom is -0.307 e. The summed E-state index contributed by atoms with van der Waals surface area (Å²) in [5.41, 5.74) is 2.94. The van der Waals surface area contributed by atoms with Gasteiger partial charge in [-0.3, -0.25) is 0 Å². The van der Waals surface area contributed by atoms with E-state index in [1.165, 1.54) is 30.4 Å². The van der Waals surface area contributed by atoms with Gasteiger partial charge in [0.15, 0.2) is 0 Å². The summed E-state index contributed by atoms with van der Waals surface area (Å²) in [5.74, 6) is 4.22. The fourth-order valence-corrected chi connectivity index (χ4v) is 5.22. The molecule has 0 saturated heterocycles. The second kappa shape index (κ2) is 4.87. The fraction of sp³-hybridized carbons (Fsp3) is 0.684. The maximum atomic E-state index is 4.00. The van der Waals surface area contributed by atoms with Gasteiger partial charge in [-0.1, -0.05) is 38.1 Å². The summed E-state index contributed by atoms with van der Waals surface area (Å²) in [6, 6.07) is 10.7. The van der Waals surface area contributed by atoms with Crippen molar-refractivity contribution in [1.82, 2.24) is 5.32 Å². The maximum Gasteiger partial charge on any atom is 0.0320 e. The lowest BCUT2D eigenvalue weighted by atomic mass is 10.0. The molecule has 1 aromatic rings. The van der Waals surface area contributed by atoms with Gasteiger partial charge in [-0.25, -0.2) is 0 Å². The summed E-state index contributed by atoms with van der Waals surface area (Å²) in [6.07, 6.45) is 6.94. The Balaban J connectivity index is 1.44. The predicted molar refractivity (Wildman–Crippen MR) is 83.6 cm³/mol. The Morgan fingerprint density at radius 3 is 2.25 bits per heavy atom. The fourth-order valence-electron chi connectivity index (χ4n) is 5.22. The number of rotatable bonds is 5. The van der Waals surface area contributed by atoms with Crippen LogP contribution in [-0.4, -0.2) is 6.04 Å². The van der Waals surface area contributed by atoms with Crippen molar-refractivity contribution in [3.05, 3.63) is 35.4 Å². The first-order valence-corrected chi connectivity index (χ1v) is 8.66. The van der Waals surface area contributed by atoms with Crippen molar-refractivity contribution < 1.29 is 0 Å². The highest BCUT2D eigenvalue weighted by Gasteiger charge is 2.64. The highest BCUT2D eigenvalue weighted by molar-refractivity contribution is 5.26. The molecule has 3 fully saturated rings. The van der Waals surface area contributed by atoms with Crippen LogP contribution in [0, 0.1) is 23.7 Å². The Kier molecular flexibility index (Phi) is 3.14. The van der Waals surface area contributed by atoms with Gasteiger partial charge in [-0.05, 0) is 66.9 Å². The lowest BCUT2D eigenvalue weighted by molar-refractivity contribution is 0.415. The van der Waals surface area contributed by atoms with E-state index in [0.29, 0.717) is 6.04 Å². The zero-order valence-electron chi connectivity index (χ0n) is 12.8. The quantitative estimate of drug-likeness (QED) is 0.838.